The van der Waals surface area contributed by atoms with Crippen LogP contribution in [0.5, 0.6) is 0 Å². The van der Waals surface area contributed by atoms with Crippen LogP contribution in [0.25, 0.3) is 22.2 Å². The predicted molar refractivity (Wildman–Crippen MR) is 101 cm³/mol. The largest absolute Gasteiger partial charge is 0.451 e. The molecule has 0 aliphatic carbocycles. The van der Waals surface area contributed by atoms with Crippen molar-refractivity contribution in [1.29, 1.82) is 0 Å². The number of aromatic nitrogens is 1. The predicted octanol–water partition coefficient (Wildman–Crippen LogP) is 4.03. The monoisotopic (exact) mass is 380 g/mol. The number of nitrogens with zero attached hydrogens (tertiary/aromatic N) is 1. The molecule has 0 spiro atoms. The molecule has 0 aliphatic rings. The van der Waals surface area contributed by atoms with Crippen LogP contribution in [0.1, 0.15) is 16.3 Å². The zero-order chi connectivity index (χ0) is 18.8. The fraction of sp³-hybridized carbons (Fsp3) is 0.0500. The summed E-state index contributed by atoms with van der Waals surface area (Å²) in [7, 11) is 0. The lowest BCUT2D eigenvalue weighted by Crippen LogP contribution is -2.23. The number of carbonyl (C=O) groups excluding carboxylic acids is 1. The fourth-order valence-corrected chi connectivity index (χ4v) is 2.81. The van der Waals surface area contributed by atoms with E-state index in [-0.39, 0.29) is 17.7 Å². The van der Waals surface area contributed by atoms with Gasteiger partial charge in [-0.2, -0.15) is 0 Å². The van der Waals surface area contributed by atoms with E-state index in [0.29, 0.717) is 27.4 Å². The highest BCUT2D eigenvalue weighted by Crippen LogP contribution is 2.19. The Morgan fingerprint density at radius 2 is 1.89 bits per heavy atom. The van der Waals surface area contributed by atoms with Crippen molar-refractivity contribution in [2.75, 3.05) is 0 Å². The summed E-state index contributed by atoms with van der Waals surface area (Å²) in [6.45, 7) is 0.112. The van der Waals surface area contributed by atoms with Crippen molar-refractivity contribution < 1.29 is 13.7 Å². The maximum absolute atomic E-state index is 12.3. The number of hydrogen-bond acceptors (Lipinski definition) is 5. The van der Waals surface area contributed by atoms with Crippen LogP contribution in [-0.2, 0) is 6.54 Å². The maximum atomic E-state index is 12.3. The number of carbonyl (C=O) groups is 1. The Balaban J connectivity index is 1.50. The zero-order valence-corrected chi connectivity index (χ0v) is 14.7. The smallest absolute Gasteiger partial charge is 0.287 e. The SMILES string of the molecule is O=C(NCc1cc(-c2ccccc2)no1)c1cc(=O)c2cc(Cl)ccc2o1. The van der Waals surface area contributed by atoms with E-state index in [1.54, 1.807) is 18.2 Å². The van der Waals surface area contributed by atoms with Crippen LogP contribution in [0.4, 0.5) is 0 Å². The third-order valence-electron chi connectivity index (χ3n) is 3.96. The van der Waals surface area contributed by atoms with Gasteiger partial charge in [-0.15, -0.1) is 0 Å². The summed E-state index contributed by atoms with van der Waals surface area (Å²) in [4.78, 5) is 24.5. The highest BCUT2D eigenvalue weighted by molar-refractivity contribution is 6.31. The summed E-state index contributed by atoms with van der Waals surface area (Å²) in [5.74, 6) is -0.128. The van der Waals surface area contributed by atoms with Gasteiger partial charge >= 0.3 is 0 Å². The van der Waals surface area contributed by atoms with E-state index in [1.165, 1.54) is 6.07 Å². The van der Waals surface area contributed by atoms with E-state index >= 15 is 0 Å². The minimum Gasteiger partial charge on any atom is -0.451 e. The van der Waals surface area contributed by atoms with E-state index in [0.717, 1.165) is 11.6 Å². The molecule has 1 N–H and O–H groups in total. The van der Waals surface area contributed by atoms with Crippen LogP contribution in [0.2, 0.25) is 5.02 Å². The summed E-state index contributed by atoms with van der Waals surface area (Å²) in [5.41, 5.74) is 1.55. The van der Waals surface area contributed by atoms with Crippen molar-refractivity contribution in [3.05, 3.63) is 87.4 Å². The minimum absolute atomic E-state index is 0.0855. The molecule has 0 unspecified atom stereocenters. The Morgan fingerprint density at radius 1 is 1.07 bits per heavy atom. The van der Waals surface area contributed by atoms with Crippen LogP contribution in [0.3, 0.4) is 0 Å². The van der Waals surface area contributed by atoms with Crippen molar-refractivity contribution in [1.82, 2.24) is 10.5 Å². The molecular weight excluding hydrogens is 368 g/mol. The topological polar surface area (TPSA) is 85.3 Å². The Hall–Kier alpha value is -3.38. The molecule has 0 saturated carbocycles. The average Bonchev–Trinajstić information content (AvgIpc) is 3.16. The summed E-state index contributed by atoms with van der Waals surface area (Å²) >= 11 is 5.88. The first kappa shape index (κ1) is 17.1. The highest BCUT2D eigenvalue weighted by Gasteiger charge is 2.14. The summed E-state index contributed by atoms with van der Waals surface area (Å²) in [6, 6.07) is 17.1. The third-order valence-corrected chi connectivity index (χ3v) is 4.20. The third kappa shape index (κ3) is 3.61. The number of nitrogens with one attached hydrogen (secondary N) is 1. The zero-order valence-electron chi connectivity index (χ0n) is 13.9. The van der Waals surface area contributed by atoms with Gasteiger partial charge in [-0.1, -0.05) is 47.1 Å². The van der Waals surface area contributed by atoms with E-state index in [2.05, 4.69) is 10.5 Å². The van der Waals surface area contributed by atoms with Crippen LogP contribution >= 0.6 is 11.6 Å². The molecule has 6 nitrogen and oxygen atoms in total. The quantitative estimate of drug-likeness (QED) is 0.577. The molecule has 2 aromatic carbocycles. The maximum Gasteiger partial charge on any atom is 0.287 e. The van der Waals surface area contributed by atoms with E-state index in [1.807, 2.05) is 30.3 Å². The Bertz CT molecular complexity index is 1180. The summed E-state index contributed by atoms with van der Waals surface area (Å²) < 4.78 is 10.7. The number of amides is 1. The van der Waals surface area contributed by atoms with Gasteiger partial charge in [-0.3, -0.25) is 9.59 Å². The van der Waals surface area contributed by atoms with Gasteiger partial charge in [0.2, 0.25) is 0 Å². The van der Waals surface area contributed by atoms with Gasteiger partial charge in [0, 0.05) is 22.7 Å². The molecule has 2 aromatic heterocycles. The second-order valence-electron chi connectivity index (χ2n) is 5.84. The molecule has 2 heterocycles. The van der Waals surface area contributed by atoms with Crippen LogP contribution in [0, 0.1) is 0 Å². The molecule has 134 valence electrons. The first-order valence-corrected chi connectivity index (χ1v) is 8.50. The second kappa shape index (κ2) is 7.09. The van der Waals surface area contributed by atoms with E-state index in [9.17, 15) is 9.59 Å². The van der Waals surface area contributed by atoms with E-state index < -0.39 is 5.91 Å². The number of halogens is 1. The molecule has 0 saturated heterocycles. The molecular formula is C20H13ClN2O4. The van der Waals surface area contributed by atoms with Gasteiger partial charge in [0.1, 0.15) is 11.3 Å². The van der Waals surface area contributed by atoms with Gasteiger partial charge in [-0.25, -0.2) is 0 Å². The minimum atomic E-state index is -0.526. The molecule has 4 rings (SSSR count). The molecule has 0 bridgehead atoms. The van der Waals surface area contributed by atoms with Gasteiger partial charge in [0.25, 0.3) is 5.91 Å². The van der Waals surface area contributed by atoms with Crippen LogP contribution in [-0.4, -0.2) is 11.1 Å². The lowest BCUT2D eigenvalue weighted by molar-refractivity contribution is 0.0920. The molecule has 27 heavy (non-hydrogen) atoms. The number of benzene rings is 2. The summed E-state index contributed by atoms with van der Waals surface area (Å²) in [5, 5.41) is 7.38. The molecule has 7 heteroatoms. The molecule has 0 aliphatic heterocycles. The lowest BCUT2D eigenvalue weighted by Gasteiger charge is -2.04. The molecule has 1 amide bonds. The summed E-state index contributed by atoms with van der Waals surface area (Å²) in [6.07, 6.45) is 0. The van der Waals surface area contributed by atoms with Gasteiger partial charge in [0.15, 0.2) is 16.9 Å². The molecule has 4 aromatic rings. The van der Waals surface area contributed by atoms with Crippen molar-refractivity contribution in [2.24, 2.45) is 0 Å². The lowest BCUT2D eigenvalue weighted by atomic mass is 10.1. The van der Waals surface area contributed by atoms with Crippen molar-refractivity contribution in [3.63, 3.8) is 0 Å². The Kier molecular flexibility index (Phi) is 4.48. The first-order valence-electron chi connectivity index (χ1n) is 8.13. The van der Waals surface area contributed by atoms with Crippen LogP contribution < -0.4 is 10.7 Å². The average molecular weight is 381 g/mol. The fourth-order valence-electron chi connectivity index (χ4n) is 2.64. The van der Waals surface area contributed by atoms with Crippen molar-refractivity contribution in [3.8, 4) is 11.3 Å². The normalized spacial score (nSPS) is 10.9. The number of fused-ring (bicyclic) bond motifs is 1. The molecule has 0 fully saturated rings. The van der Waals surface area contributed by atoms with E-state index in [4.69, 9.17) is 20.5 Å². The Labute approximate surface area is 158 Å². The molecule has 0 atom stereocenters. The van der Waals surface area contributed by atoms with Crippen molar-refractivity contribution in [2.45, 2.75) is 6.54 Å². The van der Waals surface area contributed by atoms with Crippen molar-refractivity contribution >= 4 is 28.5 Å². The highest BCUT2D eigenvalue weighted by atomic mass is 35.5. The first-order chi connectivity index (χ1) is 13.1. The molecule has 0 radical (unpaired) electrons. The Morgan fingerprint density at radius 3 is 2.70 bits per heavy atom. The van der Waals surface area contributed by atoms with Gasteiger partial charge in [0.05, 0.1) is 11.9 Å². The standard InChI is InChI=1S/C20H13ClN2O4/c21-13-6-7-18-15(8-13)17(24)10-19(26-18)20(25)22-11-14-9-16(23-27-14)12-4-2-1-3-5-12/h1-10H,11H2,(H,22,25). The number of rotatable bonds is 4. The second-order valence-corrected chi connectivity index (χ2v) is 6.28. The number of hydrogen-bond donors (Lipinski definition) is 1. The van der Waals surface area contributed by atoms with Crippen LogP contribution in [0.15, 0.2) is 74.4 Å². The van der Waals surface area contributed by atoms with Gasteiger partial charge < -0.3 is 14.3 Å². The van der Waals surface area contributed by atoms with Gasteiger partial charge in [-0.05, 0) is 18.2 Å².